The molecule has 28 heavy (non-hydrogen) atoms. The number of ether oxygens (including phenoxy) is 2. The predicted octanol–water partition coefficient (Wildman–Crippen LogP) is 7.21. The lowest BCUT2D eigenvalue weighted by Crippen LogP contribution is -2.47. The number of halogens is 1. The van der Waals surface area contributed by atoms with Crippen LogP contribution in [0.3, 0.4) is 0 Å². The van der Waals surface area contributed by atoms with Gasteiger partial charge in [-0.2, -0.15) is 0 Å². The quantitative estimate of drug-likeness (QED) is 0.242. The van der Waals surface area contributed by atoms with Crippen LogP contribution in [0.5, 0.6) is 5.75 Å². The van der Waals surface area contributed by atoms with Gasteiger partial charge < -0.3 is 13.9 Å². The number of benzene rings is 1. The Hall–Kier alpha value is -0.373. The lowest BCUT2D eigenvalue weighted by molar-refractivity contribution is 0.0194. The van der Waals surface area contributed by atoms with E-state index in [4.69, 9.17) is 13.9 Å². The molecule has 0 bridgehead atoms. The van der Waals surface area contributed by atoms with Crippen LogP contribution in [0.4, 0.5) is 0 Å². The van der Waals surface area contributed by atoms with Crippen LogP contribution >= 0.6 is 22.6 Å². The first kappa shape index (κ1) is 25.7. The lowest BCUT2D eigenvalue weighted by atomic mass is 9.94. The molecule has 0 saturated carbocycles. The molecule has 3 atom stereocenters. The zero-order valence-electron chi connectivity index (χ0n) is 19.1. The monoisotopic (exact) mass is 518 g/mol. The normalized spacial score (nSPS) is 16.6. The molecule has 0 radical (unpaired) electrons. The Morgan fingerprint density at radius 2 is 1.71 bits per heavy atom. The average molecular weight is 519 g/mol. The largest absolute Gasteiger partial charge is 0.497 e. The Balaban J connectivity index is 2.80. The van der Waals surface area contributed by atoms with Crippen LogP contribution in [0.2, 0.25) is 18.1 Å². The highest BCUT2D eigenvalue weighted by Crippen LogP contribution is 2.39. The van der Waals surface area contributed by atoms with Crippen molar-refractivity contribution in [3.8, 4) is 5.75 Å². The van der Waals surface area contributed by atoms with Crippen molar-refractivity contribution >= 4 is 30.9 Å². The third kappa shape index (κ3) is 8.17. The summed E-state index contributed by atoms with van der Waals surface area (Å²) in [6.45, 7) is 19.5. The molecule has 0 aliphatic rings. The van der Waals surface area contributed by atoms with Crippen molar-refractivity contribution in [3.63, 3.8) is 0 Å². The average Bonchev–Trinajstić information content (AvgIpc) is 2.58. The highest BCUT2D eigenvalue weighted by atomic mass is 127. The van der Waals surface area contributed by atoms with Gasteiger partial charge in [-0.25, -0.2) is 0 Å². The fourth-order valence-electron chi connectivity index (χ4n) is 2.90. The van der Waals surface area contributed by atoms with Gasteiger partial charge in [-0.3, -0.25) is 0 Å². The zero-order chi connectivity index (χ0) is 21.5. The molecule has 5 heteroatoms. The molecule has 0 saturated heterocycles. The van der Waals surface area contributed by atoms with Gasteiger partial charge in [0.1, 0.15) is 5.75 Å². The standard InChI is InChI=1S/C23H39IO3Si/c1-17(14-19(3)24)22(27-28(8,9)23(4,5)6)18(2)15-26-16-20-10-12-21(25-7)13-11-20/h10-14,17-18,22H,15-16H2,1-9H3/b19-14-/t17-,18-,22+/m1/s1. The van der Waals surface area contributed by atoms with Crippen molar-refractivity contribution in [3.05, 3.63) is 39.5 Å². The first-order valence-corrected chi connectivity index (χ1v) is 14.1. The second kappa shape index (κ2) is 11.1. The Labute approximate surface area is 187 Å². The lowest BCUT2D eigenvalue weighted by Gasteiger charge is -2.42. The van der Waals surface area contributed by atoms with Gasteiger partial charge in [-0.15, -0.1) is 0 Å². The van der Waals surface area contributed by atoms with E-state index in [1.165, 1.54) is 3.58 Å². The summed E-state index contributed by atoms with van der Waals surface area (Å²) in [5, 5.41) is 0.192. The summed E-state index contributed by atoms with van der Waals surface area (Å²) in [5.74, 6) is 1.54. The molecule has 0 N–H and O–H groups in total. The van der Waals surface area contributed by atoms with Crippen molar-refractivity contribution in [2.45, 2.75) is 72.4 Å². The van der Waals surface area contributed by atoms with Gasteiger partial charge in [0, 0.05) is 11.8 Å². The number of allylic oxidation sites excluding steroid dienone is 1. The van der Waals surface area contributed by atoms with Gasteiger partial charge in [0.25, 0.3) is 0 Å². The predicted molar refractivity (Wildman–Crippen MR) is 131 cm³/mol. The summed E-state index contributed by atoms with van der Waals surface area (Å²) in [7, 11) is -0.176. The minimum atomic E-state index is -1.86. The van der Waals surface area contributed by atoms with E-state index in [1.807, 2.05) is 12.1 Å². The van der Waals surface area contributed by atoms with E-state index in [1.54, 1.807) is 7.11 Å². The molecule has 0 unspecified atom stereocenters. The molecule has 0 aliphatic heterocycles. The van der Waals surface area contributed by atoms with Gasteiger partial charge in [0.2, 0.25) is 0 Å². The maximum atomic E-state index is 6.85. The van der Waals surface area contributed by atoms with Gasteiger partial charge in [0.05, 0.1) is 26.4 Å². The second-order valence-corrected chi connectivity index (χ2v) is 15.8. The van der Waals surface area contributed by atoms with E-state index in [0.717, 1.165) is 11.3 Å². The van der Waals surface area contributed by atoms with Crippen molar-refractivity contribution in [1.29, 1.82) is 0 Å². The zero-order valence-corrected chi connectivity index (χ0v) is 22.3. The van der Waals surface area contributed by atoms with Crippen LogP contribution in [0, 0.1) is 11.8 Å². The minimum Gasteiger partial charge on any atom is -0.497 e. The van der Waals surface area contributed by atoms with Crippen LogP contribution in [-0.2, 0) is 15.8 Å². The number of rotatable bonds is 10. The molecule has 1 aromatic carbocycles. The summed E-state index contributed by atoms with van der Waals surface area (Å²) >= 11 is 2.39. The van der Waals surface area contributed by atoms with Crippen LogP contribution in [0.1, 0.15) is 47.1 Å². The summed E-state index contributed by atoms with van der Waals surface area (Å²) in [6.07, 6.45) is 2.47. The number of hydrogen-bond donors (Lipinski definition) is 0. The summed E-state index contributed by atoms with van der Waals surface area (Å²) in [4.78, 5) is 0. The van der Waals surface area contributed by atoms with Crippen molar-refractivity contribution in [2.75, 3.05) is 13.7 Å². The van der Waals surface area contributed by atoms with E-state index < -0.39 is 8.32 Å². The number of methoxy groups -OCH3 is 1. The Morgan fingerprint density at radius 1 is 1.14 bits per heavy atom. The van der Waals surface area contributed by atoms with Gasteiger partial charge >= 0.3 is 0 Å². The van der Waals surface area contributed by atoms with E-state index in [9.17, 15) is 0 Å². The third-order valence-electron chi connectivity index (χ3n) is 5.62. The molecule has 0 aromatic heterocycles. The van der Waals surface area contributed by atoms with Crippen molar-refractivity contribution in [1.82, 2.24) is 0 Å². The molecule has 0 aliphatic carbocycles. The molecular formula is C23H39IO3Si. The summed E-state index contributed by atoms with van der Waals surface area (Å²) in [6, 6.07) is 8.05. The maximum Gasteiger partial charge on any atom is 0.192 e. The third-order valence-corrected chi connectivity index (χ3v) is 10.5. The fourth-order valence-corrected chi connectivity index (χ4v) is 4.94. The Bertz CT molecular complexity index is 616. The Kier molecular flexibility index (Phi) is 10.2. The first-order valence-electron chi connectivity index (χ1n) is 10.1. The Morgan fingerprint density at radius 3 is 2.18 bits per heavy atom. The van der Waals surface area contributed by atoms with Crippen LogP contribution < -0.4 is 4.74 Å². The van der Waals surface area contributed by atoms with Crippen LogP contribution in [0.25, 0.3) is 0 Å². The fraction of sp³-hybridized carbons (Fsp3) is 0.652. The second-order valence-electron chi connectivity index (χ2n) is 9.30. The summed E-state index contributed by atoms with van der Waals surface area (Å²) in [5.41, 5.74) is 1.16. The molecule has 3 nitrogen and oxygen atoms in total. The van der Waals surface area contributed by atoms with Crippen molar-refractivity contribution < 1.29 is 13.9 Å². The topological polar surface area (TPSA) is 27.7 Å². The van der Waals surface area contributed by atoms with E-state index >= 15 is 0 Å². The molecule has 0 spiro atoms. The van der Waals surface area contributed by atoms with Gasteiger partial charge in [-0.05, 0) is 68.9 Å². The van der Waals surface area contributed by atoms with Gasteiger partial charge in [0.15, 0.2) is 8.32 Å². The highest BCUT2D eigenvalue weighted by Gasteiger charge is 2.41. The van der Waals surface area contributed by atoms with Crippen molar-refractivity contribution in [2.24, 2.45) is 11.8 Å². The van der Waals surface area contributed by atoms with Gasteiger partial charge in [-0.1, -0.05) is 52.8 Å². The molecule has 0 amide bonds. The molecule has 1 rings (SSSR count). The van der Waals surface area contributed by atoms with E-state index in [2.05, 4.69) is 95.4 Å². The molecule has 160 valence electrons. The van der Waals surface area contributed by atoms with E-state index in [-0.39, 0.29) is 11.1 Å². The minimum absolute atomic E-state index is 0.154. The molecule has 1 aromatic rings. The molecular weight excluding hydrogens is 479 g/mol. The highest BCUT2D eigenvalue weighted by molar-refractivity contribution is 14.1. The SMILES string of the molecule is COc1ccc(COC[C@@H](C)[C@@H](O[Si](C)(C)C(C)(C)C)[C@H](C)/C=C(/C)I)cc1. The summed E-state index contributed by atoms with van der Waals surface area (Å²) < 4.78 is 19.4. The maximum absolute atomic E-state index is 6.85. The van der Waals surface area contributed by atoms with Crippen LogP contribution in [0.15, 0.2) is 33.9 Å². The smallest absolute Gasteiger partial charge is 0.192 e. The molecule has 0 fully saturated rings. The van der Waals surface area contributed by atoms with E-state index in [0.29, 0.717) is 25.0 Å². The van der Waals surface area contributed by atoms with Crippen LogP contribution in [-0.4, -0.2) is 28.1 Å². The number of hydrogen-bond acceptors (Lipinski definition) is 3. The molecule has 0 heterocycles. The first-order chi connectivity index (χ1) is 12.9.